The third-order valence-electron chi connectivity index (χ3n) is 2.59. The maximum atomic E-state index is 11.5. The van der Waals surface area contributed by atoms with E-state index in [0.29, 0.717) is 6.54 Å². The highest BCUT2D eigenvalue weighted by atomic mass is 35.5. The molecule has 0 aliphatic rings. The Bertz CT molecular complexity index is 368. The summed E-state index contributed by atoms with van der Waals surface area (Å²) in [6, 6.07) is 7.24. The van der Waals surface area contributed by atoms with Gasteiger partial charge in [-0.25, -0.2) is 0 Å². The SMILES string of the molecule is CCCC(N)C(=O)NCCc1ccccc1Cl. The summed E-state index contributed by atoms with van der Waals surface area (Å²) in [5.74, 6) is -0.0843. The first-order valence-electron chi connectivity index (χ1n) is 5.91. The van der Waals surface area contributed by atoms with Gasteiger partial charge >= 0.3 is 0 Å². The quantitative estimate of drug-likeness (QED) is 0.817. The predicted molar refractivity (Wildman–Crippen MR) is 71.0 cm³/mol. The van der Waals surface area contributed by atoms with Crippen LogP contribution < -0.4 is 11.1 Å². The molecule has 1 aromatic carbocycles. The van der Waals surface area contributed by atoms with E-state index in [1.54, 1.807) is 0 Å². The minimum Gasteiger partial charge on any atom is -0.354 e. The number of hydrogen-bond acceptors (Lipinski definition) is 2. The second kappa shape index (κ2) is 7.30. The van der Waals surface area contributed by atoms with Crippen molar-refractivity contribution in [2.45, 2.75) is 32.2 Å². The predicted octanol–water partition coefficient (Wildman–Crippen LogP) is 2.13. The van der Waals surface area contributed by atoms with Crippen molar-refractivity contribution in [2.24, 2.45) is 5.73 Å². The molecule has 4 heteroatoms. The average molecular weight is 255 g/mol. The van der Waals surface area contributed by atoms with E-state index in [2.05, 4.69) is 5.32 Å². The van der Waals surface area contributed by atoms with Crippen molar-refractivity contribution in [1.29, 1.82) is 0 Å². The lowest BCUT2D eigenvalue weighted by Gasteiger charge is -2.11. The zero-order valence-electron chi connectivity index (χ0n) is 10.1. The van der Waals surface area contributed by atoms with Gasteiger partial charge < -0.3 is 11.1 Å². The van der Waals surface area contributed by atoms with Crippen molar-refractivity contribution in [3.8, 4) is 0 Å². The lowest BCUT2D eigenvalue weighted by molar-refractivity contribution is -0.122. The van der Waals surface area contributed by atoms with Gasteiger partial charge in [-0.1, -0.05) is 43.1 Å². The molecule has 94 valence electrons. The van der Waals surface area contributed by atoms with Gasteiger partial charge in [-0.3, -0.25) is 4.79 Å². The molecule has 0 radical (unpaired) electrons. The minimum absolute atomic E-state index is 0.0843. The molecular formula is C13H19ClN2O. The van der Waals surface area contributed by atoms with Crippen LogP contribution in [-0.2, 0) is 11.2 Å². The normalized spacial score (nSPS) is 12.2. The van der Waals surface area contributed by atoms with Crippen LogP contribution >= 0.6 is 11.6 Å². The smallest absolute Gasteiger partial charge is 0.236 e. The number of nitrogens with one attached hydrogen (secondary N) is 1. The van der Waals surface area contributed by atoms with Crippen LogP contribution in [-0.4, -0.2) is 18.5 Å². The van der Waals surface area contributed by atoms with E-state index in [0.717, 1.165) is 29.8 Å². The van der Waals surface area contributed by atoms with Crippen LogP contribution in [0.25, 0.3) is 0 Å². The third kappa shape index (κ3) is 4.75. The molecule has 1 amide bonds. The van der Waals surface area contributed by atoms with Crippen molar-refractivity contribution < 1.29 is 4.79 Å². The molecule has 3 nitrogen and oxygen atoms in total. The molecule has 3 N–H and O–H groups in total. The first kappa shape index (κ1) is 14.0. The number of amides is 1. The fourth-order valence-corrected chi connectivity index (χ4v) is 1.82. The topological polar surface area (TPSA) is 55.1 Å². The maximum absolute atomic E-state index is 11.5. The Morgan fingerprint density at radius 1 is 1.47 bits per heavy atom. The fraction of sp³-hybridized carbons (Fsp3) is 0.462. The summed E-state index contributed by atoms with van der Waals surface area (Å²) in [5.41, 5.74) is 6.74. The second-order valence-electron chi connectivity index (χ2n) is 4.03. The Morgan fingerprint density at radius 2 is 2.18 bits per heavy atom. The van der Waals surface area contributed by atoms with E-state index >= 15 is 0 Å². The van der Waals surface area contributed by atoms with Crippen molar-refractivity contribution in [3.63, 3.8) is 0 Å². The number of halogens is 1. The first-order chi connectivity index (χ1) is 8.15. The summed E-state index contributed by atoms with van der Waals surface area (Å²) >= 11 is 6.01. The molecule has 0 spiro atoms. The Hall–Kier alpha value is -1.06. The van der Waals surface area contributed by atoms with Gasteiger partial charge in [-0.15, -0.1) is 0 Å². The molecule has 1 rings (SSSR count). The van der Waals surface area contributed by atoms with Crippen LogP contribution in [0, 0.1) is 0 Å². The highest BCUT2D eigenvalue weighted by Crippen LogP contribution is 2.14. The highest BCUT2D eigenvalue weighted by molar-refractivity contribution is 6.31. The monoisotopic (exact) mass is 254 g/mol. The van der Waals surface area contributed by atoms with Gasteiger partial charge in [-0.2, -0.15) is 0 Å². The maximum Gasteiger partial charge on any atom is 0.236 e. The second-order valence-corrected chi connectivity index (χ2v) is 4.43. The molecule has 0 saturated heterocycles. The minimum atomic E-state index is -0.397. The standard InChI is InChI=1S/C13H19ClN2O/c1-2-5-12(15)13(17)16-9-8-10-6-3-4-7-11(10)14/h3-4,6-7,12H,2,5,8-9,15H2,1H3,(H,16,17). The molecule has 0 fully saturated rings. The molecule has 0 bridgehead atoms. The molecule has 1 atom stereocenters. The zero-order chi connectivity index (χ0) is 12.7. The van der Waals surface area contributed by atoms with Crippen LogP contribution in [0.15, 0.2) is 24.3 Å². The Balaban J connectivity index is 2.33. The zero-order valence-corrected chi connectivity index (χ0v) is 10.8. The molecule has 0 aliphatic carbocycles. The number of rotatable bonds is 6. The van der Waals surface area contributed by atoms with E-state index in [-0.39, 0.29) is 5.91 Å². The van der Waals surface area contributed by atoms with Gasteiger partial charge in [0, 0.05) is 11.6 Å². The largest absolute Gasteiger partial charge is 0.354 e. The Kier molecular flexibility index (Phi) is 6.01. The van der Waals surface area contributed by atoms with Gasteiger partial charge in [-0.05, 0) is 24.5 Å². The van der Waals surface area contributed by atoms with Crippen LogP contribution in [0.3, 0.4) is 0 Å². The first-order valence-corrected chi connectivity index (χ1v) is 6.29. The van der Waals surface area contributed by atoms with Crippen LogP contribution in [0.5, 0.6) is 0 Å². The van der Waals surface area contributed by atoms with Gasteiger partial charge in [0.2, 0.25) is 5.91 Å². The van der Waals surface area contributed by atoms with E-state index in [4.69, 9.17) is 17.3 Å². The van der Waals surface area contributed by atoms with Crippen LogP contribution in [0.1, 0.15) is 25.3 Å². The molecule has 0 saturated carbocycles. The van der Waals surface area contributed by atoms with Gasteiger partial charge in [0.15, 0.2) is 0 Å². The third-order valence-corrected chi connectivity index (χ3v) is 2.96. The van der Waals surface area contributed by atoms with E-state index in [9.17, 15) is 4.79 Å². The van der Waals surface area contributed by atoms with Crippen LogP contribution in [0.2, 0.25) is 5.02 Å². The number of carbonyl (C=O) groups excluding carboxylic acids is 1. The van der Waals surface area contributed by atoms with E-state index in [1.807, 2.05) is 31.2 Å². The van der Waals surface area contributed by atoms with Crippen LogP contribution in [0.4, 0.5) is 0 Å². The lowest BCUT2D eigenvalue weighted by atomic mass is 10.1. The number of benzene rings is 1. The summed E-state index contributed by atoms with van der Waals surface area (Å²) in [4.78, 5) is 11.5. The summed E-state index contributed by atoms with van der Waals surface area (Å²) in [5, 5.41) is 3.56. The molecule has 0 heterocycles. The number of carbonyl (C=O) groups is 1. The average Bonchev–Trinajstić information content (AvgIpc) is 2.31. The van der Waals surface area contributed by atoms with E-state index in [1.165, 1.54) is 0 Å². The van der Waals surface area contributed by atoms with Gasteiger partial charge in [0.25, 0.3) is 0 Å². The molecule has 17 heavy (non-hydrogen) atoms. The van der Waals surface area contributed by atoms with Crippen molar-refractivity contribution in [2.75, 3.05) is 6.54 Å². The summed E-state index contributed by atoms with van der Waals surface area (Å²) in [6.07, 6.45) is 2.36. The van der Waals surface area contributed by atoms with Crippen molar-refractivity contribution in [3.05, 3.63) is 34.9 Å². The molecule has 1 unspecified atom stereocenters. The van der Waals surface area contributed by atoms with E-state index < -0.39 is 6.04 Å². The Morgan fingerprint density at radius 3 is 2.82 bits per heavy atom. The summed E-state index contributed by atoms with van der Waals surface area (Å²) in [7, 11) is 0. The van der Waals surface area contributed by atoms with Gasteiger partial charge in [0.1, 0.15) is 0 Å². The number of hydrogen-bond donors (Lipinski definition) is 2. The Labute approximate surface area is 107 Å². The molecule has 0 aliphatic heterocycles. The molecule has 1 aromatic rings. The highest BCUT2D eigenvalue weighted by Gasteiger charge is 2.11. The molecular weight excluding hydrogens is 236 g/mol. The lowest BCUT2D eigenvalue weighted by Crippen LogP contribution is -2.41. The fourth-order valence-electron chi connectivity index (χ4n) is 1.59. The summed E-state index contributed by atoms with van der Waals surface area (Å²) in [6.45, 7) is 2.58. The number of nitrogens with two attached hydrogens (primary N) is 1. The van der Waals surface area contributed by atoms with Gasteiger partial charge in [0.05, 0.1) is 6.04 Å². The summed E-state index contributed by atoms with van der Waals surface area (Å²) < 4.78 is 0. The molecule has 0 aromatic heterocycles. The van der Waals surface area contributed by atoms with Crippen molar-refractivity contribution in [1.82, 2.24) is 5.32 Å². The van der Waals surface area contributed by atoms with Crippen molar-refractivity contribution >= 4 is 17.5 Å².